The summed E-state index contributed by atoms with van der Waals surface area (Å²) in [6.07, 6.45) is 3.61. The highest BCUT2D eigenvalue weighted by molar-refractivity contribution is 5.94. The van der Waals surface area contributed by atoms with Gasteiger partial charge in [-0.1, -0.05) is 0 Å². The van der Waals surface area contributed by atoms with E-state index in [1.807, 2.05) is 17.0 Å². The van der Waals surface area contributed by atoms with Crippen molar-refractivity contribution in [2.45, 2.75) is 6.54 Å². The molecule has 148 valence electrons. The molecule has 0 bridgehead atoms. The Morgan fingerprint density at radius 3 is 2.07 bits per heavy atom. The number of benzene rings is 2. The Bertz CT molecular complexity index is 938. The fourth-order valence-corrected chi connectivity index (χ4v) is 3.34. The lowest BCUT2D eigenvalue weighted by Gasteiger charge is -2.34. The molecule has 0 saturated carbocycles. The Morgan fingerprint density at radius 1 is 0.862 bits per heavy atom. The number of ether oxygens (including phenoxy) is 1. The Labute approximate surface area is 169 Å². The average molecular weight is 391 g/mol. The molecule has 2 aromatic carbocycles. The van der Waals surface area contributed by atoms with Crippen molar-refractivity contribution >= 4 is 5.91 Å². The minimum absolute atomic E-state index is 0.0295. The molecule has 2 heterocycles. The fourth-order valence-electron chi connectivity index (χ4n) is 3.34. The zero-order valence-corrected chi connectivity index (χ0v) is 16.0. The summed E-state index contributed by atoms with van der Waals surface area (Å²) in [6, 6.07) is 16.9. The second-order valence-corrected chi connectivity index (χ2v) is 7.00. The van der Waals surface area contributed by atoms with Crippen LogP contribution < -0.4 is 4.74 Å². The topological polar surface area (TPSA) is 45.7 Å². The van der Waals surface area contributed by atoms with E-state index in [0.29, 0.717) is 30.2 Å². The van der Waals surface area contributed by atoms with E-state index in [9.17, 15) is 9.18 Å². The quantitative estimate of drug-likeness (QED) is 0.660. The second-order valence-electron chi connectivity index (χ2n) is 7.00. The predicted octanol–water partition coefficient (Wildman–Crippen LogP) is 3.97. The number of hydrogen-bond donors (Lipinski definition) is 0. The van der Waals surface area contributed by atoms with Crippen LogP contribution in [-0.2, 0) is 6.54 Å². The molecule has 1 saturated heterocycles. The van der Waals surface area contributed by atoms with Crippen molar-refractivity contribution in [2.75, 3.05) is 26.2 Å². The van der Waals surface area contributed by atoms with Gasteiger partial charge in [-0.25, -0.2) is 4.39 Å². The van der Waals surface area contributed by atoms with Gasteiger partial charge in [0.15, 0.2) is 0 Å². The Balaban J connectivity index is 1.31. The molecule has 0 aliphatic carbocycles. The molecule has 0 atom stereocenters. The van der Waals surface area contributed by atoms with Crippen LogP contribution in [-0.4, -0.2) is 46.9 Å². The molecular weight excluding hydrogens is 369 g/mol. The monoisotopic (exact) mass is 391 g/mol. The Morgan fingerprint density at radius 2 is 1.45 bits per heavy atom. The maximum Gasteiger partial charge on any atom is 0.253 e. The van der Waals surface area contributed by atoms with Crippen molar-refractivity contribution < 1.29 is 13.9 Å². The molecule has 5 nitrogen and oxygen atoms in total. The number of carbonyl (C=O) groups excluding carboxylic acids is 1. The first kappa shape index (κ1) is 19.1. The predicted molar refractivity (Wildman–Crippen MR) is 108 cm³/mol. The van der Waals surface area contributed by atoms with Gasteiger partial charge in [0, 0.05) is 50.7 Å². The highest BCUT2D eigenvalue weighted by Crippen LogP contribution is 2.22. The molecule has 0 unspecified atom stereocenters. The molecule has 0 N–H and O–H groups in total. The van der Waals surface area contributed by atoms with E-state index in [-0.39, 0.29) is 11.7 Å². The van der Waals surface area contributed by atoms with Crippen LogP contribution in [0.25, 0.3) is 0 Å². The third-order valence-electron chi connectivity index (χ3n) is 4.97. The third-order valence-corrected chi connectivity index (χ3v) is 4.97. The minimum atomic E-state index is -0.306. The van der Waals surface area contributed by atoms with Crippen molar-refractivity contribution in [3.63, 3.8) is 0 Å². The molecule has 1 aromatic heterocycles. The van der Waals surface area contributed by atoms with Gasteiger partial charge in [-0.15, -0.1) is 0 Å². The van der Waals surface area contributed by atoms with Crippen LogP contribution in [0.5, 0.6) is 11.5 Å². The van der Waals surface area contributed by atoms with Gasteiger partial charge in [0.05, 0.1) is 0 Å². The molecule has 4 rings (SSSR count). The normalized spacial score (nSPS) is 14.6. The number of halogens is 1. The Kier molecular flexibility index (Phi) is 5.81. The summed E-state index contributed by atoms with van der Waals surface area (Å²) in [7, 11) is 0. The van der Waals surface area contributed by atoms with Crippen LogP contribution in [0, 0.1) is 5.82 Å². The minimum Gasteiger partial charge on any atom is -0.457 e. The van der Waals surface area contributed by atoms with Crippen LogP contribution in [0.2, 0.25) is 0 Å². The zero-order chi connectivity index (χ0) is 20.1. The van der Waals surface area contributed by atoms with E-state index in [2.05, 4.69) is 9.88 Å². The van der Waals surface area contributed by atoms with E-state index >= 15 is 0 Å². The summed E-state index contributed by atoms with van der Waals surface area (Å²) in [5, 5.41) is 0. The summed E-state index contributed by atoms with van der Waals surface area (Å²) in [6.45, 7) is 3.98. The molecule has 0 spiro atoms. The number of piperazine rings is 1. The molecule has 0 radical (unpaired) electrons. The molecule has 29 heavy (non-hydrogen) atoms. The number of pyridine rings is 1. The summed E-state index contributed by atoms with van der Waals surface area (Å²) in [4.78, 5) is 21.1. The molecule has 6 heteroatoms. The van der Waals surface area contributed by atoms with Crippen molar-refractivity contribution in [1.29, 1.82) is 0 Å². The van der Waals surface area contributed by atoms with E-state index in [4.69, 9.17) is 4.74 Å². The number of aromatic nitrogens is 1. The maximum atomic E-state index is 13.0. The number of carbonyl (C=O) groups is 1. The van der Waals surface area contributed by atoms with Crippen LogP contribution in [0.3, 0.4) is 0 Å². The van der Waals surface area contributed by atoms with E-state index in [1.54, 1.807) is 48.8 Å². The van der Waals surface area contributed by atoms with Crippen molar-refractivity contribution in [3.05, 3.63) is 90.0 Å². The highest BCUT2D eigenvalue weighted by atomic mass is 19.1. The standard InChI is InChI=1S/C23H22FN3O2/c24-20-3-7-22(8-4-20)29-21-5-1-19(2-6-21)23(28)27-15-13-26(14-16-27)17-18-9-11-25-12-10-18/h1-12H,13-17H2. The highest BCUT2D eigenvalue weighted by Gasteiger charge is 2.22. The lowest BCUT2D eigenvalue weighted by atomic mass is 10.1. The van der Waals surface area contributed by atoms with Crippen LogP contribution in [0.15, 0.2) is 73.1 Å². The first-order chi connectivity index (χ1) is 14.2. The van der Waals surface area contributed by atoms with Crippen LogP contribution >= 0.6 is 0 Å². The summed E-state index contributed by atoms with van der Waals surface area (Å²) in [5.74, 6) is 0.882. The van der Waals surface area contributed by atoms with E-state index in [0.717, 1.165) is 19.6 Å². The lowest BCUT2D eigenvalue weighted by Crippen LogP contribution is -2.48. The van der Waals surface area contributed by atoms with Gasteiger partial charge < -0.3 is 9.64 Å². The second kappa shape index (κ2) is 8.84. The van der Waals surface area contributed by atoms with E-state index < -0.39 is 0 Å². The van der Waals surface area contributed by atoms with Crippen LogP contribution in [0.1, 0.15) is 15.9 Å². The summed E-state index contributed by atoms with van der Waals surface area (Å²) < 4.78 is 18.7. The molecule has 3 aromatic rings. The summed E-state index contributed by atoms with van der Waals surface area (Å²) in [5.41, 5.74) is 1.87. The lowest BCUT2D eigenvalue weighted by molar-refractivity contribution is 0.0628. The summed E-state index contributed by atoms with van der Waals surface area (Å²) >= 11 is 0. The van der Waals surface area contributed by atoms with Crippen molar-refractivity contribution in [2.24, 2.45) is 0 Å². The number of nitrogens with zero attached hydrogens (tertiary/aromatic N) is 3. The van der Waals surface area contributed by atoms with Gasteiger partial charge in [-0.3, -0.25) is 14.7 Å². The third kappa shape index (κ3) is 4.97. The number of amides is 1. The van der Waals surface area contributed by atoms with Crippen molar-refractivity contribution in [3.8, 4) is 11.5 Å². The SMILES string of the molecule is O=C(c1ccc(Oc2ccc(F)cc2)cc1)N1CCN(Cc2ccncc2)CC1. The first-order valence-corrected chi connectivity index (χ1v) is 9.61. The largest absolute Gasteiger partial charge is 0.457 e. The van der Waals surface area contributed by atoms with Gasteiger partial charge in [-0.05, 0) is 66.2 Å². The number of hydrogen-bond acceptors (Lipinski definition) is 4. The van der Waals surface area contributed by atoms with Gasteiger partial charge in [0.1, 0.15) is 17.3 Å². The fraction of sp³-hybridized carbons (Fsp3) is 0.217. The van der Waals surface area contributed by atoms with Crippen molar-refractivity contribution in [1.82, 2.24) is 14.8 Å². The Hall–Kier alpha value is -3.25. The molecule has 1 aliphatic heterocycles. The van der Waals surface area contributed by atoms with Gasteiger partial charge >= 0.3 is 0 Å². The van der Waals surface area contributed by atoms with E-state index in [1.165, 1.54) is 17.7 Å². The van der Waals surface area contributed by atoms with Gasteiger partial charge in [0.2, 0.25) is 0 Å². The first-order valence-electron chi connectivity index (χ1n) is 9.61. The maximum absolute atomic E-state index is 13.0. The molecule has 1 aliphatic rings. The zero-order valence-electron chi connectivity index (χ0n) is 16.0. The van der Waals surface area contributed by atoms with Gasteiger partial charge in [0.25, 0.3) is 5.91 Å². The molecular formula is C23H22FN3O2. The molecule has 1 fully saturated rings. The number of rotatable bonds is 5. The van der Waals surface area contributed by atoms with Crippen LogP contribution in [0.4, 0.5) is 4.39 Å². The van der Waals surface area contributed by atoms with Gasteiger partial charge in [-0.2, -0.15) is 0 Å². The smallest absolute Gasteiger partial charge is 0.253 e. The average Bonchev–Trinajstić information content (AvgIpc) is 2.77. The molecule has 1 amide bonds.